The van der Waals surface area contributed by atoms with Crippen LogP contribution < -0.4 is 4.90 Å². The van der Waals surface area contributed by atoms with Crippen LogP contribution in [0, 0.1) is 46.3 Å². The molecule has 3 heteroatoms. The van der Waals surface area contributed by atoms with E-state index in [9.17, 15) is 10.5 Å². The zero-order valence-corrected chi connectivity index (χ0v) is 10.6. The molecule has 0 spiro atoms. The Morgan fingerprint density at radius 1 is 0.895 bits per heavy atom. The maximum Gasteiger partial charge on any atom is 0.0673 e. The first kappa shape index (κ1) is 10.9. The number of anilines is 1. The molecule has 0 unspecified atom stereocenters. The molecule has 3 aliphatic carbocycles. The summed E-state index contributed by atoms with van der Waals surface area (Å²) < 4.78 is 0. The van der Waals surface area contributed by atoms with Crippen molar-refractivity contribution >= 4 is 5.69 Å². The summed E-state index contributed by atoms with van der Waals surface area (Å²) in [6.45, 7) is 0. The van der Waals surface area contributed by atoms with E-state index >= 15 is 0 Å². The number of rotatable bonds is 1. The number of nitriles is 2. The van der Waals surface area contributed by atoms with Gasteiger partial charge in [-0.05, 0) is 36.8 Å². The van der Waals surface area contributed by atoms with E-state index in [1.165, 1.54) is 5.69 Å². The Labute approximate surface area is 113 Å². The molecule has 5 rings (SSSR count). The van der Waals surface area contributed by atoms with E-state index in [0.717, 1.165) is 12.8 Å². The van der Waals surface area contributed by atoms with Crippen LogP contribution in [0.2, 0.25) is 0 Å². The van der Waals surface area contributed by atoms with E-state index in [2.05, 4.69) is 41.3 Å². The monoisotopic (exact) mass is 249 g/mol. The summed E-state index contributed by atoms with van der Waals surface area (Å²) in [7, 11) is 0. The summed E-state index contributed by atoms with van der Waals surface area (Å²) >= 11 is 0. The van der Waals surface area contributed by atoms with E-state index < -0.39 is 0 Å². The van der Waals surface area contributed by atoms with E-state index in [-0.39, 0.29) is 11.8 Å². The van der Waals surface area contributed by atoms with Crippen molar-refractivity contribution in [2.75, 3.05) is 4.90 Å². The van der Waals surface area contributed by atoms with Crippen LogP contribution in [0.5, 0.6) is 0 Å². The fourth-order valence-corrected chi connectivity index (χ4v) is 4.53. The van der Waals surface area contributed by atoms with Gasteiger partial charge in [-0.15, -0.1) is 0 Å². The van der Waals surface area contributed by atoms with E-state index in [0.29, 0.717) is 23.9 Å². The molecule has 94 valence electrons. The van der Waals surface area contributed by atoms with Gasteiger partial charge in [-0.2, -0.15) is 10.5 Å². The molecule has 1 saturated heterocycles. The highest BCUT2D eigenvalue weighted by Gasteiger charge is 2.67. The first-order valence-corrected chi connectivity index (χ1v) is 6.99. The first-order chi connectivity index (χ1) is 9.36. The smallest absolute Gasteiger partial charge is 0.0673 e. The van der Waals surface area contributed by atoms with Crippen LogP contribution in [0.4, 0.5) is 5.69 Å². The van der Waals surface area contributed by atoms with Crippen molar-refractivity contribution in [2.45, 2.75) is 24.9 Å². The molecule has 0 amide bonds. The molecule has 1 aliphatic heterocycles. The topological polar surface area (TPSA) is 50.6 Å². The lowest BCUT2D eigenvalue weighted by atomic mass is 9.59. The zero-order chi connectivity index (χ0) is 13.0. The highest BCUT2D eigenvalue weighted by atomic mass is 15.4. The Morgan fingerprint density at radius 2 is 1.42 bits per heavy atom. The van der Waals surface area contributed by atoms with Gasteiger partial charge in [-0.1, -0.05) is 18.2 Å². The van der Waals surface area contributed by atoms with Crippen molar-refractivity contribution < 1.29 is 0 Å². The lowest BCUT2D eigenvalue weighted by Gasteiger charge is -2.40. The molecule has 4 aliphatic rings. The van der Waals surface area contributed by atoms with Gasteiger partial charge in [0.2, 0.25) is 0 Å². The number of benzene rings is 1. The minimum absolute atomic E-state index is 0.0567. The van der Waals surface area contributed by atoms with Gasteiger partial charge in [0.25, 0.3) is 0 Å². The second-order valence-electron chi connectivity index (χ2n) is 5.94. The normalized spacial score (nSPS) is 42.1. The SMILES string of the molecule is N#C[C@@H]1[C@H](C#N)[C@H]2CC[C@H]1[C@H]1[C@@H]2N1c1ccccc1. The quantitative estimate of drug-likeness (QED) is 0.719. The average molecular weight is 249 g/mol. The Balaban J connectivity index is 1.71. The fraction of sp³-hybridized carbons (Fsp3) is 0.500. The molecule has 3 saturated carbocycles. The largest absolute Gasteiger partial charge is 0.361 e. The third kappa shape index (κ3) is 1.31. The molecule has 19 heavy (non-hydrogen) atoms. The summed E-state index contributed by atoms with van der Waals surface area (Å²) in [4.78, 5) is 2.45. The van der Waals surface area contributed by atoms with Crippen LogP contribution >= 0.6 is 0 Å². The zero-order valence-electron chi connectivity index (χ0n) is 10.6. The van der Waals surface area contributed by atoms with Crippen molar-refractivity contribution in [1.29, 1.82) is 10.5 Å². The highest BCUT2D eigenvalue weighted by molar-refractivity contribution is 5.59. The molecule has 0 radical (unpaired) electrons. The summed E-state index contributed by atoms with van der Waals surface area (Å²) in [5, 5.41) is 18.8. The number of nitrogens with zero attached hydrogens (tertiary/aromatic N) is 3. The molecule has 0 N–H and O–H groups in total. The number of hydrogen-bond acceptors (Lipinski definition) is 3. The predicted molar refractivity (Wildman–Crippen MR) is 70.9 cm³/mol. The van der Waals surface area contributed by atoms with E-state index in [4.69, 9.17) is 0 Å². The molecular weight excluding hydrogens is 234 g/mol. The molecule has 6 atom stereocenters. The van der Waals surface area contributed by atoms with Crippen LogP contribution in [0.25, 0.3) is 0 Å². The van der Waals surface area contributed by atoms with E-state index in [1.807, 2.05) is 6.07 Å². The maximum atomic E-state index is 9.39. The molecule has 1 aromatic rings. The van der Waals surface area contributed by atoms with Gasteiger partial charge >= 0.3 is 0 Å². The summed E-state index contributed by atoms with van der Waals surface area (Å²) in [5.74, 6) is 0.673. The highest BCUT2D eigenvalue weighted by Crippen LogP contribution is 2.60. The molecule has 3 nitrogen and oxygen atoms in total. The Hall–Kier alpha value is -2.00. The van der Waals surface area contributed by atoms with Gasteiger partial charge in [0.1, 0.15) is 0 Å². The molecule has 1 aromatic carbocycles. The first-order valence-electron chi connectivity index (χ1n) is 6.99. The third-order valence-corrected chi connectivity index (χ3v) is 5.28. The molecular formula is C16H15N3. The Morgan fingerprint density at radius 3 is 1.89 bits per heavy atom. The average Bonchev–Trinajstić information content (AvgIpc) is 3.24. The van der Waals surface area contributed by atoms with Crippen molar-refractivity contribution in [3.63, 3.8) is 0 Å². The maximum absolute atomic E-state index is 9.39. The fourth-order valence-electron chi connectivity index (χ4n) is 4.53. The molecule has 1 heterocycles. The van der Waals surface area contributed by atoms with Crippen molar-refractivity contribution in [3.05, 3.63) is 30.3 Å². The van der Waals surface area contributed by atoms with Crippen molar-refractivity contribution in [2.24, 2.45) is 23.7 Å². The molecule has 4 fully saturated rings. The van der Waals surface area contributed by atoms with Crippen LogP contribution in [0.1, 0.15) is 12.8 Å². The Kier molecular flexibility index (Phi) is 2.15. The van der Waals surface area contributed by atoms with Crippen LogP contribution in [-0.2, 0) is 0 Å². The van der Waals surface area contributed by atoms with Crippen LogP contribution in [0.15, 0.2) is 30.3 Å². The Bertz CT molecular complexity index is 548. The lowest BCUT2D eigenvalue weighted by molar-refractivity contribution is 0.122. The predicted octanol–water partition coefficient (Wildman–Crippen LogP) is 2.56. The number of para-hydroxylation sites is 1. The molecule has 0 aromatic heterocycles. The van der Waals surface area contributed by atoms with Gasteiger partial charge in [0.05, 0.1) is 36.1 Å². The third-order valence-electron chi connectivity index (χ3n) is 5.28. The second kappa shape index (κ2) is 3.75. The lowest BCUT2D eigenvalue weighted by Crippen LogP contribution is -2.44. The number of hydrogen-bond donors (Lipinski definition) is 0. The standard InChI is InChI=1S/C16H15N3/c17-8-13-11-6-7-12(14(13)9-18)16-15(11)19(16)10-4-2-1-3-5-10/h1-5,11-16H,6-7H2/t11-,12-,13-,14+,15-,16+,19?/m1/s1. The molecule has 2 bridgehead atoms. The number of fused-ring (bicyclic) bond motifs is 2. The summed E-state index contributed by atoms with van der Waals surface area (Å²) in [5.41, 5.74) is 1.25. The minimum atomic E-state index is -0.0567. The van der Waals surface area contributed by atoms with Crippen LogP contribution in [0.3, 0.4) is 0 Å². The van der Waals surface area contributed by atoms with Gasteiger partial charge < -0.3 is 4.90 Å². The van der Waals surface area contributed by atoms with Gasteiger partial charge in [-0.25, -0.2) is 0 Å². The summed E-state index contributed by atoms with van der Waals surface area (Å²) in [6.07, 6.45) is 2.23. The summed E-state index contributed by atoms with van der Waals surface area (Å²) in [6, 6.07) is 16.3. The second-order valence-corrected chi connectivity index (χ2v) is 5.94. The minimum Gasteiger partial charge on any atom is -0.361 e. The van der Waals surface area contributed by atoms with Crippen molar-refractivity contribution in [3.8, 4) is 12.1 Å². The van der Waals surface area contributed by atoms with Crippen molar-refractivity contribution in [1.82, 2.24) is 0 Å². The van der Waals surface area contributed by atoms with E-state index in [1.54, 1.807) is 0 Å². The van der Waals surface area contributed by atoms with Gasteiger partial charge in [0.15, 0.2) is 0 Å². The van der Waals surface area contributed by atoms with Gasteiger partial charge in [0, 0.05) is 5.69 Å². The van der Waals surface area contributed by atoms with Crippen LogP contribution in [-0.4, -0.2) is 12.1 Å². The van der Waals surface area contributed by atoms with Gasteiger partial charge in [-0.3, -0.25) is 0 Å².